The van der Waals surface area contributed by atoms with E-state index in [1.165, 1.54) is 16.8 Å². The first-order valence-corrected chi connectivity index (χ1v) is 7.25. The van der Waals surface area contributed by atoms with Crippen molar-refractivity contribution < 1.29 is 34.2 Å². The Kier molecular flexibility index (Phi) is 5.98. The lowest BCUT2D eigenvalue weighted by Gasteiger charge is -2.13. The van der Waals surface area contributed by atoms with Gasteiger partial charge in [0.2, 0.25) is 0 Å². The fourth-order valence-corrected chi connectivity index (χ4v) is 1.70. The number of aliphatic hydroxyl groups is 2. The third kappa shape index (κ3) is 5.89. The highest BCUT2D eigenvalue weighted by Crippen LogP contribution is 2.27. The van der Waals surface area contributed by atoms with E-state index in [0.29, 0.717) is 0 Å². The van der Waals surface area contributed by atoms with Gasteiger partial charge in [0.25, 0.3) is 0 Å². The topological polar surface area (TPSA) is 188 Å². The first kappa shape index (κ1) is 17.7. The van der Waals surface area contributed by atoms with Crippen LogP contribution in [0.3, 0.4) is 0 Å². The van der Waals surface area contributed by atoms with E-state index in [0.717, 1.165) is 0 Å². The Bertz CT molecular complexity index is 564. The fraction of sp³-hybridized carbons (Fsp3) is 0.556. The van der Waals surface area contributed by atoms with Gasteiger partial charge in [-0.2, -0.15) is 4.98 Å². The van der Waals surface area contributed by atoms with Crippen LogP contribution in [-0.2, 0) is 9.30 Å². The number of phosphoric acid groups is 1. The van der Waals surface area contributed by atoms with Crippen LogP contribution in [0.5, 0.6) is 0 Å². The van der Waals surface area contributed by atoms with Crippen LogP contribution in [0.2, 0.25) is 0 Å². The molecular formula is C9H16N3O8P. The van der Waals surface area contributed by atoms with Crippen molar-refractivity contribution in [3.8, 4) is 0 Å². The van der Waals surface area contributed by atoms with Gasteiger partial charge in [0.1, 0.15) is 18.1 Å². The van der Waals surface area contributed by atoms with E-state index in [4.69, 9.17) is 34.8 Å². The number of anilines is 1. The average molecular weight is 325 g/mol. The second-order valence-electron chi connectivity index (χ2n) is 4.17. The van der Waals surface area contributed by atoms with Crippen LogP contribution in [0.4, 0.5) is 5.82 Å². The van der Waals surface area contributed by atoms with E-state index in [1.807, 2.05) is 0 Å². The quantitative estimate of drug-likeness (QED) is 0.318. The van der Waals surface area contributed by atoms with E-state index in [1.54, 1.807) is 0 Å². The molecule has 120 valence electrons. The molecule has 7 N–H and O–H groups in total. The molecular weight excluding hydrogens is 309 g/mol. The molecule has 11 nitrogen and oxygen atoms in total. The summed E-state index contributed by atoms with van der Waals surface area (Å²) in [7, 11) is -4.64. The number of hydrogen-bond acceptors (Lipinski definition) is 7. The summed E-state index contributed by atoms with van der Waals surface area (Å²) in [5.41, 5.74) is 4.82. The second-order valence-corrected chi connectivity index (χ2v) is 5.20. The Morgan fingerprint density at radius 2 is 2.05 bits per heavy atom. The number of nitrogens with two attached hydrogens (primary N) is 1. The summed E-state index contributed by atoms with van der Waals surface area (Å²) in [6.45, 7) is -0.283. The molecule has 21 heavy (non-hydrogen) atoms. The molecule has 0 aliphatic carbocycles. The predicted molar refractivity (Wildman–Crippen MR) is 68.8 cm³/mol. The van der Waals surface area contributed by atoms with Gasteiger partial charge in [0, 0.05) is 12.6 Å². The van der Waals surface area contributed by atoms with Gasteiger partial charge in [0.15, 0.2) is 0 Å². The Balaban J connectivity index is 0.000000383. The minimum Gasteiger partial charge on any atom is -0.394 e. The number of nitrogen functional groups attached to an aromatic ring is 1. The van der Waals surface area contributed by atoms with Crippen molar-refractivity contribution in [1.29, 1.82) is 0 Å². The van der Waals surface area contributed by atoms with Crippen LogP contribution < -0.4 is 11.4 Å². The van der Waals surface area contributed by atoms with Crippen molar-refractivity contribution in [2.45, 2.75) is 24.9 Å². The third-order valence-electron chi connectivity index (χ3n) is 2.55. The molecule has 1 fully saturated rings. The monoisotopic (exact) mass is 325 g/mol. The molecule has 1 saturated heterocycles. The molecule has 2 heterocycles. The summed E-state index contributed by atoms with van der Waals surface area (Å²) in [5.74, 6) is 0.138. The summed E-state index contributed by atoms with van der Waals surface area (Å²) in [4.78, 5) is 36.6. The highest BCUT2D eigenvalue weighted by molar-refractivity contribution is 7.45. The Labute approximate surface area is 118 Å². The van der Waals surface area contributed by atoms with Crippen molar-refractivity contribution in [2.75, 3.05) is 12.3 Å². The smallest absolute Gasteiger partial charge is 0.394 e. The maximum Gasteiger partial charge on any atom is 0.466 e. The summed E-state index contributed by atoms with van der Waals surface area (Å²) in [6.07, 6.45) is -0.333. The minimum absolute atomic E-state index is 0.138. The number of nitrogens with zero attached hydrogens (tertiary/aromatic N) is 2. The van der Waals surface area contributed by atoms with Crippen LogP contribution in [0.25, 0.3) is 0 Å². The van der Waals surface area contributed by atoms with Gasteiger partial charge in [-0.05, 0) is 6.07 Å². The van der Waals surface area contributed by atoms with Crippen molar-refractivity contribution in [1.82, 2.24) is 9.55 Å². The van der Waals surface area contributed by atoms with E-state index < -0.39 is 31.9 Å². The molecule has 2 rings (SSSR count). The Morgan fingerprint density at radius 1 is 1.48 bits per heavy atom. The number of aromatic nitrogens is 2. The van der Waals surface area contributed by atoms with Crippen LogP contribution >= 0.6 is 7.82 Å². The minimum atomic E-state index is -4.64. The van der Waals surface area contributed by atoms with E-state index >= 15 is 0 Å². The number of ether oxygens (including phenoxy) is 1. The van der Waals surface area contributed by atoms with Gasteiger partial charge in [-0.25, -0.2) is 9.36 Å². The molecule has 0 saturated carbocycles. The van der Waals surface area contributed by atoms with Gasteiger partial charge >= 0.3 is 13.5 Å². The molecule has 0 spiro atoms. The largest absolute Gasteiger partial charge is 0.466 e. The van der Waals surface area contributed by atoms with Gasteiger partial charge in [-0.1, -0.05) is 0 Å². The normalized spacial score (nSPS) is 25.3. The summed E-state index contributed by atoms with van der Waals surface area (Å²) in [5, 5.41) is 18.4. The summed E-state index contributed by atoms with van der Waals surface area (Å²) in [6, 6.07) is 1.48. The standard InChI is InChI=1S/C9H13N3O4.H3O4P/c10-7-1-2-12(9(15)11-7)8-3-5(14)6(4-13)16-8;1-5(2,3)4/h1-2,5-6,8,13-14H,3-4H2,(H2,10,11,15);(H3,1,2,3,4)/t5-,6+,8+;/m0./s1. The fourth-order valence-electron chi connectivity index (χ4n) is 1.70. The van der Waals surface area contributed by atoms with Crippen LogP contribution in [0, 0.1) is 0 Å². The lowest BCUT2D eigenvalue weighted by molar-refractivity contribution is -0.0458. The molecule has 0 aromatic carbocycles. The van der Waals surface area contributed by atoms with Crippen molar-refractivity contribution in [3.63, 3.8) is 0 Å². The van der Waals surface area contributed by atoms with Crippen LogP contribution in [0.1, 0.15) is 12.6 Å². The Hall–Kier alpha value is -1.33. The zero-order chi connectivity index (χ0) is 16.2. The van der Waals surface area contributed by atoms with Crippen molar-refractivity contribution in [2.24, 2.45) is 0 Å². The number of hydrogen-bond donors (Lipinski definition) is 6. The molecule has 0 unspecified atom stereocenters. The molecule has 1 aromatic rings. The molecule has 0 bridgehead atoms. The van der Waals surface area contributed by atoms with Gasteiger partial charge < -0.3 is 35.4 Å². The van der Waals surface area contributed by atoms with E-state index in [2.05, 4.69) is 4.98 Å². The molecule has 12 heteroatoms. The average Bonchev–Trinajstić information content (AvgIpc) is 2.68. The van der Waals surface area contributed by atoms with E-state index in [-0.39, 0.29) is 18.8 Å². The van der Waals surface area contributed by atoms with Gasteiger partial charge in [-0.3, -0.25) is 4.57 Å². The maximum absolute atomic E-state index is 11.5. The molecule has 0 radical (unpaired) electrons. The Morgan fingerprint density at radius 3 is 2.48 bits per heavy atom. The lowest BCUT2D eigenvalue weighted by Crippen LogP contribution is -2.27. The van der Waals surface area contributed by atoms with E-state index in [9.17, 15) is 9.90 Å². The molecule has 0 amide bonds. The van der Waals surface area contributed by atoms with Crippen molar-refractivity contribution >= 4 is 13.6 Å². The molecule has 1 aromatic heterocycles. The summed E-state index contributed by atoms with van der Waals surface area (Å²) < 4.78 is 15.4. The first-order chi connectivity index (χ1) is 9.61. The van der Waals surface area contributed by atoms with Crippen molar-refractivity contribution in [3.05, 3.63) is 22.7 Å². The molecule has 1 aliphatic rings. The van der Waals surface area contributed by atoms with Crippen LogP contribution in [0.15, 0.2) is 17.1 Å². The maximum atomic E-state index is 11.5. The number of rotatable bonds is 2. The van der Waals surface area contributed by atoms with Gasteiger partial charge in [0.05, 0.1) is 12.7 Å². The predicted octanol–water partition coefficient (Wildman–Crippen LogP) is -2.46. The first-order valence-electron chi connectivity index (χ1n) is 5.69. The highest BCUT2D eigenvalue weighted by atomic mass is 31.2. The second kappa shape index (κ2) is 7.09. The number of aliphatic hydroxyl groups excluding tert-OH is 2. The highest BCUT2D eigenvalue weighted by Gasteiger charge is 2.34. The summed E-state index contributed by atoms with van der Waals surface area (Å²) >= 11 is 0. The lowest BCUT2D eigenvalue weighted by atomic mass is 10.2. The molecule has 1 aliphatic heterocycles. The van der Waals surface area contributed by atoms with Gasteiger partial charge in [-0.15, -0.1) is 0 Å². The molecule has 3 atom stereocenters. The third-order valence-corrected chi connectivity index (χ3v) is 2.55. The zero-order valence-corrected chi connectivity index (χ0v) is 11.6. The SMILES string of the molecule is Nc1ccn([C@H]2C[C@H](O)[C@@H](CO)O2)c(=O)n1.O=P(O)(O)O. The van der Waals surface area contributed by atoms with Crippen LogP contribution in [-0.4, -0.2) is 53.3 Å². The zero-order valence-electron chi connectivity index (χ0n) is 10.7.